The highest BCUT2D eigenvalue weighted by atomic mass is 16.5. The van der Waals surface area contributed by atoms with E-state index in [-0.39, 0.29) is 0 Å². The quantitative estimate of drug-likeness (QED) is 0.797. The monoisotopic (exact) mass is 256 g/mol. The lowest BCUT2D eigenvalue weighted by molar-refractivity contribution is 0.232. The smallest absolute Gasteiger partial charge is 0.120 e. The van der Waals surface area contributed by atoms with Crippen molar-refractivity contribution < 1.29 is 9.15 Å². The summed E-state index contributed by atoms with van der Waals surface area (Å²) in [7, 11) is 2.03. The van der Waals surface area contributed by atoms with E-state index in [1.54, 1.807) is 24.7 Å². The molecule has 0 saturated carbocycles. The molecule has 0 aliphatic rings. The summed E-state index contributed by atoms with van der Waals surface area (Å²) in [6, 6.07) is 11.2. The van der Waals surface area contributed by atoms with E-state index in [9.17, 15) is 0 Å². The molecule has 0 aliphatic heterocycles. The Hall–Kier alpha value is -2.25. The molecular formula is C15H16N2O2. The van der Waals surface area contributed by atoms with Crippen molar-refractivity contribution in [2.45, 2.75) is 6.54 Å². The fourth-order valence-corrected chi connectivity index (χ4v) is 1.75. The number of nitrogens with zero attached hydrogens (tertiary/aromatic N) is 2. The average molecular weight is 256 g/mol. The Morgan fingerprint density at radius 3 is 3.00 bits per heavy atom. The van der Waals surface area contributed by atoms with Gasteiger partial charge in [0.25, 0.3) is 0 Å². The lowest BCUT2D eigenvalue weighted by Gasteiger charge is -2.15. The number of ether oxygens (including phenoxy) is 1. The highest BCUT2D eigenvalue weighted by molar-refractivity contribution is 5.36. The van der Waals surface area contributed by atoms with Crippen LogP contribution in [0.3, 0.4) is 0 Å². The van der Waals surface area contributed by atoms with Gasteiger partial charge >= 0.3 is 0 Å². The van der Waals surface area contributed by atoms with Crippen molar-refractivity contribution in [1.82, 2.24) is 4.90 Å². The number of nitriles is 1. The summed E-state index contributed by atoms with van der Waals surface area (Å²) in [5, 5.41) is 8.80. The molecule has 4 nitrogen and oxygen atoms in total. The average Bonchev–Trinajstić information content (AvgIpc) is 2.92. The van der Waals surface area contributed by atoms with Crippen LogP contribution in [0.1, 0.15) is 11.1 Å². The zero-order chi connectivity index (χ0) is 13.5. The molecule has 0 spiro atoms. The van der Waals surface area contributed by atoms with Crippen LogP contribution in [-0.2, 0) is 6.54 Å². The first-order valence-electron chi connectivity index (χ1n) is 6.10. The van der Waals surface area contributed by atoms with Gasteiger partial charge < -0.3 is 9.15 Å². The van der Waals surface area contributed by atoms with E-state index >= 15 is 0 Å². The third kappa shape index (κ3) is 4.16. The van der Waals surface area contributed by atoms with Crippen molar-refractivity contribution >= 4 is 0 Å². The zero-order valence-electron chi connectivity index (χ0n) is 10.9. The molecule has 19 heavy (non-hydrogen) atoms. The molecule has 0 atom stereocenters. The van der Waals surface area contributed by atoms with E-state index in [2.05, 4.69) is 11.0 Å². The molecule has 1 aromatic carbocycles. The van der Waals surface area contributed by atoms with Crippen molar-refractivity contribution in [3.05, 3.63) is 54.0 Å². The highest BCUT2D eigenvalue weighted by Crippen LogP contribution is 2.12. The maximum Gasteiger partial charge on any atom is 0.120 e. The van der Waals surface area contributed by atoms with E-state index < -0.39 is 0 Å². The van der Waals surface area contributed by atoms with Gasteiger partial charge in [-0.1, -0.05) is 6.07 Å². The van der Waals surface area contributed by atoms with Crippen LogP contribution in [0.4, 0.5) is 0 Å². The van der Waals surface area contributed by atoms with Crippen molar-refractivity contribution in [3.63, 3.8) is 0 Å². The van der Waals surface area contributed by atoms with Gasteiger partial charge in [-0.15, -0.1) is 0 Å². The van der Waals surface area contributed by atoms with Gasteiger partial charge in [0.15, 0.2) is 0 Å². The van der Waals surface area contributed by atoms with E-state index in [1.165, 1.54) is 0 Å². The molecule has 0 fully saturated rings. The molecule has 98 valence electrons. The number of rotatable bonds is 6. The number of hydrogen-bond donors (Lipinski definition) is 0. The van der Waals surface area contributed by atoms with Gasteiger partial charge in [0.1, 0.15) is 12.4 Å². The Kier molecular flexibility index (Phi) is 4.60. The maximum atomic E-state index is 8.80. The summed E-state index contributed by atoms with van der Waals surface area (Å²) in [6.07, 6.45) is 3.42. The van der Waals surface area contributed by atoms with Gasteiger partial charge in [-0.2, -0.15) is 5.26 Å². The van der Waals surface area contributed by atoms with Crippen LogP contribution in [0.5, 0.6) is 5.75 Å². The second kappa shape index (κ2) is 6.62. The Balaban J connectivity index is 1.75. The standard InChI is InChI=1S/C15H16N2O2/c1-17(11-14-5-7-18-12-14)6-8-19-15-4-2-3-13(9-15)10-16/h2-5,7,9,12H,6,8,11H2,1H3. The second-order valence-corrected chi connectivity index (χ2v) is 4.36. The molecule has 0 bridgehead atoms. The van der Waals surface area contributed by atoms with Crippen LogP contribution in [0.15, 0.2) is 47.3 Å². The molecule has 0 unspecified atom stereocenters. The van der Waals surface area contributed by atoms with Crippen LogP contribution in [0, 0.1) is 11.3 Å². The van der Waals surface area contributed by atoms with E-state index in [0.29, 0.717) is 12.2 Å². The Morgan fingerprint density at radius 1 is 1.37 bits per heavy atom. The first-order chi connectivity index (χ1) is 9.28. The number of hydrogen-bond acceptors (Lipinski definition) is 4. The number of benzene rings is 1. The minimum Gasteiger partial charge on any atom is -0.492 e. The van der Waals surface area contributed by atoms with Crippen molar-refractivity contribution in [1.29, 1.82) is 5.26 Å². The first kappa shape index (κ1) is 13.2. The first-order valence-corrected chi connectivity index (χ1v) is 6.10. The Labute approximate surface area is 112 Å². The predicted molar refractivity (Wildman–Crippen MR) is 71.7 cm³/mol. The fraction of sp³-hybridized carbons (Fsp3) is 0.267. The van der Waals surface area contributed by atoms with Crippen LogP contribution < -0.4 is 4.74 Å². The number of furan rings is 1. The van der Waals surface area contributed by atoms with Gasteiger partial charge in [-0.25, -0.2) is 0 Å². The van der Waals surface area contributed by atoms with E-state index in [4.69, 9.17) is 14.4 Å². The molecule has 1 aromatic heterocycles. The van der Waals surface area contributed by atoms with Gasteiger partial charge in [0, 0.05) is 18.7 Å². The molecule has 0 N–H and O–H groups in total. The molecular weight excluding hydrogens is 240 g/mol. The molecule has 0 aliphatic carbocycles. The van der Waals surface area contributed by atoms with Crippen LogP contribution in [-0.4, -0.2) is 25.1 Å². The third-order valence-electron chi connectivity index (χ3n) is 2.74. The topological polar surface area (TPSA) is 49.4 Å². The Morgan fingerprint density at radius 2 is 2.26 bits per heavy atom. The van der Waals surface area contributed by atoms with Crippen molar-refractivity contribution in [2.75, 3.05) is 20.2 Å². The van der Waals surface area contributed by atoms with Crippen molar-refractivity contribution in [2.24, 2.45) is 0 Å². The summed E-state index contributed by atoms with van der Waals surface area (Å²) in [5.74, 6) is 0.732. The molecule has 0 amide bonds. The van der Waals surface area contributed by atoms with Gasteiger partial charge in [0.2, 0.25) is 0 Å². The summed E-state index contributed by atoms with van der Waals surface area (Å²) in [6.45, 7) is 2.23. The molecule has 2 rings (SSSR count). The lowest BCUT2D eigenvalue weighted by Crippen LogP contribution is -2.23. The molecule has 1 heterocycles. The summed E-state index contributed by atoms with van der Waals surface area (Å²) in [5.41, 5.74) is 1.76. The van der Waals surface area contributed by atoms with Gasteiger partial charge in [-0.05, 0) is 31.3 Å². The molecule has 0 radical (unpaired) electrons. The predicted octanol–water partition coefficient (Wildman–Crippen LogP) is 2.66. The van der Waals surface area contributed by atoms with Crippen LogP contribution >= 0.6 is 0 Å². The third-order valence-corrected chi connectivity index (χ3v) is 2.74. The zero-order valence-corrected chi connectivity index (χ0v) is 10.9. The van der Waals surface area contributed by atoms with Gasteiger partial charge in [-0.3, -0.25) is 4.90 Å². The highest BCUT2D eigenvalue weighted by Gasteiger charge is 2.02. The molecule has 0 saturated heterocycles. The fourth-order valence-electron chi connectivity index (χ4n) is 1.75. The lowest BCUT2D eigenvalue weighted by atomic mass is 10.2. The normalized spacial score (nSPS) is 10.4. The minimum atomic E-state index is 0.587. The second-order valence-electron chi connectivity index (χ2n) is 4.36. The summed E-state index contributed by atoms with van der Waals surface area (Å²) >= 11 is 0. The summed E-state index contributed by atoms with van der Waals surface area (Å²) < 4.78 is 10.6. The summed E-state index contributed by atoms with van der Waals surface area (Å²) in [4.78, 5) is 2.15. The largest absolute Gasteiger partial charge is 0.492 e. The van der Waals surface area contributed by atoms with Crippen LogP contribution in [0.25, 0.3) is 0 Å². The van der Waals surface area contributed by atoms with E-state index in [0.717, 1.165) is 24.4 Å². The van der Waals surface area contributed by atoms with Gasteiger partial charge in [0.05, 0.1) is 24.2 Å². The maximum absolute atomic E-state index is 8.80. The van der Waals surface area contributed by atoms with Crippen molar-refractivity contribution in [3.8, 4) is 11.8 Å². The minimum absolute atomic E-state index is 0.587. The molecule has 2 aromatic rings. The van der Waals surface area contributed by atoms with E-state index in [1.807, 2.05) is 25.2 Å². The Bertz CT molecular complexity index is 544. The van der Waals surface area contributed by atoms with Crippen LogP contribution in [0.2, 0.25) is 0 Å². The molecule has 4 heteroatoms. The number of likely N-dealkylation sites (N-methyl/N-ethyl adjacent to an activating group) is 1. The SMILES string of the molecule is CN(CCOc1cccc(C#N)c1)Cc1ccoc1.